The van der Waals surface area contributed by atoms with Crippen LogP contribution >= 0.6 is 0 Å². The van der Waals surface area contributed by atoms with Crippen LogP contribution in [0, 0.1) is 12.7 Å². The number of hydrogen-bond donors (Lipinski definition) is 0. The Bertz CT molecular complexity index is 667. The molecule has 1 aliphatic rings. The molecule has 2 aromatic rings. The van der Waals surface area contributed by atoms with Gasteiger partial charge < -0.3 is 9.47 Å². The summed E-state index contributed by atoms with van der Waals surface area (Å²) in [6.07, 6.45) is -0.699. The van der Waals surface area contributed by atoms with Crippen molar-refractivity contribution in [3.8, 4) is 11.5 Å². The Morgan fingerprint density at radius 3 is 2.70 bits per heavy atom. The molecule has 1 unspecified atom stereocenters. The van der Waals surface area contributed by atoms with Crippen molar-refractivity contribution in [2.24, 2.45) is 0 Å². The number of halogens is 1. The maximum atomic E-state index is 13.2. The van der Waals surface area contributed by atoms with Crippen molar-refractivity contribution < 1.29 is 18.7 Å². The molecule has 0 N–H and O–H groups in total. The number of carbonyl (C=O) groups is 1. The number of aryl methyl sites for hydroxylation is 1. The van der Waals surface area contributed by atoms with Gasteiger partial charge in [0.25, 0.3) is 0 Å². The molecule has 1 aliphatic heterocycles. The maximum Gasteiger partial charge on any atom is 0.206 e. The molecule has 3 nitrogen and oxygen atoms in total. The highest BCUT2D eigenvalue weighted by Gasteiger charge is 2.28. The first-order valence-corrected chi connectivity index (χ1v) is 6.34. The molecule has 0 fully saturated rings. The van der Waals surface area contributed by atoms with Gasteiger partial charge in [-0.3, -0.25) is 4.79 Å². The van der Waals surface area contributed by atoms with Crippen LogP contribution in [0.5, 0.6) is 11.5 Å². The van der Waals surface area contributed by atoms with E-state index in [1.54, 1.807) is 19.1 Å². The summed E-state index contributed by atoms with van der Waals surface area (Å²) in [5.41, 5.74) is 0.866. The Balaban J connectivity index is 1.84. The predicted octanol–water partition coefficient (Wildman–Crippen LogP) is 3.16. The zero-order valence-corrected chi connectivity index (χ0v) is 10.9. The molecule has 0 radical (unpaired) electrons. The van der Waals surface area contributed by atoms with Crippen molar-refractivity contribution in [3.05, 3.63) is 59.4 Å². The number of carbonyl (C=O) groups excluding carboxylic acids is 1. The summed E-state index contributed by atoms with van der Waals surface area (Å²) in [5.74, 6) is 0.651. The Hall–Kier alpha value is -2.36. The smallest absolute Gasteiger partial charge is 0.206 e. The number of ketones is 1. The van der Waals surface area contributed by atoms with E-state index in [0.29, 0.717) is 22.6 Å². The summed E-state index contributed by atoms with van der Waals surface area (Å²) >= 11 is 0. The minimum atomic E-state index is -0.699. The van der Waals surface area contributed by atoms with Gasteiger partial charge in [-0.25, -0.2) is 4.39 Å². The normalized spacial score (nSPS) is 16.8. The van der Waals surface area contributed by atoms with Crippen LogP contribution in [-0.2, 0) is 0 Å². The summed E-state index contributed by atoms with van der Waals surface area (Å²) in [5, 5.41) is 0. The molecule has 0 aromatic heterocycles. The van der Waals surface area contributed by atoms with E-state index in [0.717, 1.165) is 0 Å². The van der Waals surface area contributed by atoms with E-state index in [2.05, 4.69) is 0 Å². The van der Waals surface area contributed by atoms with Crippen molar-refractivity contribution >= 4 is 5.78 Å². The van der Waals surface area contributed by atoms with Gasteiger partial charge in [-0.05, 0) is 42.8 Å². The summed E-state index contributed by atoms with van der Waals surface area (Å²) < 4.78 is 24.4. The van der Waals surface area contributed by atoms with Gasteiger partial charge in [-0.1, -0.05) is 12.1 Å². The molecule has 0 saturated carbocycles. The molecule has 3 rings (SSSR count). The topological polar surface area (TPSA) is 35.5 Å². The third kappa shape index (κ3) is 2.25. The van der Waals surface area contributed by atoms with Crippen LogP contribution in [0.25, 0.3) is 0 Å². The van der Waals surface area contributed by atoms with Gasteiger partial charge in [0.15, 0.2) is 17.6 Å². The molecule has 4 heteroatoms. The van der Waals surface area contributed by atoms with Crippen molar-refractivity contribution in [1.29, 1.82) is 0 Å². The van der Waals surface area contributed by atoms with Crippen LogP contribution < -0.4 is 9.47 Å². The van der Waals surface area contributed by atoms with Crippen molar-refractivity contribution in [1.82, 2.24) is 0 Å². The zero-order valence-electron chi connectivity index (χ0n) is 10.9. The fourth-order valence-electron chi connectivity index (χ4n) is 2.13. The maximum absolute atomic E-state index is 13.2. The number of hydrogen-bond acceptors (Lipinski definition) is 3. The summed E-state index contributed by atoms with van der Waals surface area (Å²) in [6.45, 7) is 1.78. The molecule has 20 heavy (non-hydrogen) atoms. The van der Waals surface area contributed by atoms with Crippen molar-refractivity contribution in [3.63, 3.8) is 0 Å². The Labute approximate surface area is 115 Å². The van der Waals surface area contributed by atoms with Gasteiger partial charge >= 0.3 is 0 Å². The molecular formula is C16H13FO3. The molecule has 0 aliphatic carbocycles. The fourth-order valence-corrected chi connectivity index (χ4v) is 2.13. The lowest BCUT2D eigenvalue weighted by molar-refractivity contribution is 0.0585. The highest BCUT2D eigenvalue weighted by Crippen LogP contribution is 2.31. The molecular weight excluding hydrogens is 259 g/mol. The van der Waals surface area contributed by atoms with E-state index in [9.17, 15) is 9.18 Å². The highest BCUT2D eigenvalue weighted by molar-refractivity contribution is 6.00. The van der Waals surface area contributed by atoms with Gasteiger partial charge in [0.1, 0.15) is 12.4 Å². The van der Waals surface area contributed by atoms with Gasteiger partial charge in [0.2, 0.25) is 5.78 Å². The Morgan fingerprint density at radius 2 is 1.95 bits per heavy atom. The minimum Gasteiger partial charge on any atom is -0.485 e. The quantitative estimate of drug-likeness (QED) is 0.788. The molecule has 1 atom stereocenters. The standard InChI is InChI=1S/C16H13FO3/c1-10-8-11(6-7-12(10)17)16(18)15-9-19-13-4-2-3-5-14(13)20-15/h2-8,15H,9H2,1H3. The molecule has 0 saturated heterocycles. The Kier molecular flexibility index (Phi) is 3.14. The second-order valence-corrected chi connectivity index (χ2v) is 4.69. The van der Waals surface area contributed by atoms with E-state index in [1.165, 1.54) is 18.2 Å². The van der Waals surface area contributed by atoms with Crippen LogP contribution in [0.4, 0.5) is 4.39 Å². The van der Waals surface area contributed by atoms with E-state index >= 15 is 0 Å². The van der Waals surface area contributed by atoms with Crippen LogP contribution in [-0.4, -0.2) is 18.5 Å². The molecule has 1 heterocycles. The third-order valence-corrected chi connectivity index (χ3v) is 3.24. The van der Waals surface area contributed by atoms with Crippen molar-refractivity contribution in [2.45, 2.75) is 13.0 Å². The first kappa shape index (κ1) is 12.7. The van der Waals surface area contributed by atoms with E-state index in [1.807, 2.05) is 12.1 Å². The van der Waals surface area contributed by atoms with Crippen LogP contribution in [0.15, 0.2) is 42.5 Å². The predicted molar refractivity (Wildman–Crippen MR) is 71.8 cm³/mol. The second kappa shape index (κ2) is 4.96. The summed E-state index contributed by atoms with van der Waals surface area (Å²) in [4.78, 5) is 12.3. The minimum absolute atomic E-state index is 0.159. The van der Waals surface area contributed by atoms with Gasteiger partial charge in [0, 0.05) is 5.56 Å². The summed E-state index contributed by atoms with van der Waals surface area (Å²) in [7, 11) is 0. The molecule has 102 valence electrons. The van der Waals surface area contributed by atoms with Crippen LogP contribution in [0.3, 0.4) is 0 Å². The van der Waals surface area contributed by atoms with Gasteiger partial charge in [-0.2, -0.15) is 0 Å². The molecule has 2 aromatic carbocycles. The molecule has 0 bridgehead atoms. The number of para-hydroxylation sites is 2. The lowest BCUT2D eigenvalue weighted by atomic mass is 10.0. The van der Waals surface area contributed by atoms with Crippen LogP contribution in [0.2, 0.25) is 0 Å². The number of ether oxygens (including phenoxy) is 2. The Morgan fingerprint density at radius 1 is 1.20 bits per heavy atom. The zero-order chi connectivity index (χ0) is 14.1. The SMILES string of the molecule is Cc1cc(C(=O)C2COc3ccccc3O2)ccc1F. The number of Topliss-reactive ketones (excluding diaryl/α,β-unsaturated/α-hetero) is 1. The van der Waals surface area contributed by atoms with Gasteiger partial charge in [-0.15, -0.1) is 0 Å². The fraction of sp³-hybridized carbons (Fsp3) is 0.188. The second-order valence-electron chi connectivity index (χ2n) is 4.69. The summed E-state index contributed by atoms with van der Waals surface area (Å²) in [6, 6.07) is 11.5. The first-order valence-electron chi connectivity index (χ1n) is 6.34. The highest BCUT2D eigenvalue weighted by atomic mass is 19.1. The number of rotatable bonds is 2. The lowest BCUT2D eigenvalue weighted by Gasteiger charge is -2.25. The average molecular weight is 272 g/mol. The monoisotopic (exact) mass is 272 g/mol. The lowest BCUT2D eigenvalue weighted by Crippen LogP contribution is -2.36. The number of fused-ring (bicyclic) bond motifs is 1. The average Bonchev–Trinajstić information content (AvgIpc) is 2.49. The van der Waals surface area contributed by atoms with Crippen molar-refractivity contribution in [2.75, 3.05) is 6.61 Å². The third-order valence-electron chi connectivity index (χ3n) is 3.24. The molecule has 0 spiro atoms. The number of benzene rings is 2. The van der Waals surface area contributed by atoms with Crippen LogP contribution in [0.1, 0.15) is 15.9 Å². The van der Waals surface area contributed by atoms with E-state index < -0.39 is 6.10 Å². The first-order chi connectivity index (χ1) is 9.65. The molecule has 0 amide bonds. The largest absolute Gasteiger partial charge is 0.485 e. The van der Waals surface area contributed by atoms with E-state index in [-0.39, 0.29) is 18.2 Å². The van der Waals surface area contributed by atoms with E-state index in [4.69, 9.17) is 9.47 Å². The van der Waals surface area contributed by atoms with Gasteiger partial charge in [0.05, 0.1) is 0 Å².